The maximum absolute atomic E-state index is 13.6. The fourth-order valence-corrected chi connectivity index (χ4v) is 4.52. The molecule has 1 aliphatic rings. The Morgan fingerprint density at radius 3 is 2.90 bits per heavy atom. The highest BCUT2D eigenvalue weighted by molar-refractivity contribution is 7.99. The predicted octanol–water partition coefficient (Wildman–Crippen LogP) is 5.59. The molecule has 4 aromatic rings. The number of pyridine rings is 1. The molecule has 8 heteroatoms. The number of hydrogen-bond acceptors (Lipinski definition) is 4. The van der Waals surface area contributed by atoms with E-state index in [-0.39, 0.29) is 6.03 Å². The summed E-state index contributed by atoms with van der Waals surface area (Å²) in [7, 11) is 0. The molecule has 6 nitrogen and oxygen atoms in total. The number of para-hydroxylation sites is 1. The van der Waals surface area contributed by atoms with Gasteiger partial charge in [-0.3, -0.25) is 0 Å². The number of carbonyl (C=O) groups excluding carboxylic acids is 1. The first-order valence-electron chi connectivity index (χ1n) is 9.48. The van der Waals surface area contributed by atoms with Crippen LogP contribution in [0.3, 0.4) is 0 Å². The molecule has 0 unspecified atom stereocenters. The maximum Gasteiger partial charge on any atom is 0.323 e. The molecule has 0 saturated carbocycles. The first-order valence-corrected chi connectivity index (χ1v) is 10.5. The molecule has 2 amide bonds. The summed E-state index contributed by atoms with van der Waals surface area (Å²) in [5.41, 5.74) is 3.21. The van der Waals surface area contributed by atoms with Crippen LogP contribution < -0.4 is 15.5 Å². The molecule has 2 aromatic carbocycles. The lowest BCUT2D eigenvalue weighted by molar-refractivity contribution is 0.262. The van der Waals surface area contributed by atoms with E-state index in [9.17, 15) is 9.18 Å². The zero-order valence-electron chi connectivity index (χ0n) is 15.9. The molecule has 1 aliphatic heterocycles. The van der Waals surface area contributed by atoms with Gasteiger partial charge in [0.05, 0.1) is 11.4 Å². The summed E-state index contributed by atoms with van der Waals surface area (Å²) >= 11 is 1.73. The minimum atomic E-state index is -0.514. The zero-order valence-corrected chi connectivity index (χ0v) is 16.7. The van der Waals surface area contributed by atoms with E-state index in [4.69, 9.17) is 0 Å². The lowest BCUT2D eigenvalue weighted by Gasteiger charge is -2.30. The second-order valence-corrected chi connectivity index (χ2v) is 7.96. The molecular formula is C22H18FN5OS. The number of amides is 2. The van der Waals surface area contributed by atoms with Crippen LogP contribution in [0.15, 0.2) is 71.8 Å². The Hall–Kier alpha value is -3.52. The van der Waals surface area contributed by atoms with Crippen molar-refractivity contribution in [2.75, 3.05) is 27.8 Å². The van der Waals surface area contributed by atoms with Crippen LogP contribution in [0.4, 0.5) is 32.1 Å². The number of H-pyrrole nitrogens is 1. The molecule has 150 valence electrons. The van der Waals surface area contributed by atoms with Crippen molar-refractivity contribution in [3.63, 3.8) is 0 Å². The van der Waals surface area contributed by atoms with Crippen LogP contribution in [-0.4, -0.2) is 28.3 Å². The second-order valence-electron chi connectivity index (χ2n) is 6.83. The normalized spacial score (nSPS) is 13.2. The Morgan fingerprint density at radius 2 is 2.00 bits per heavy atom. The Morgan fingerprint density at radius 1 is 1.10 bits per heavy atom. The largest absolute Gasteiger partial charge is 0.359 e. The number of nitrogens with one attached hydrogen (secondary N) is 3. The Kier molecular flexibility index (Phi) is 4.76. The van der Waals surface area contributed by atoms with Crippen molar-refractivity contribution in [1.29, 1.82) is 0 Å². The van der Waals surface area contributed by atoms with Crippen LogP contribution in [0, 0.1) is 5.95 Å². The number of nitrogens with zero attached hydrogens (tertiary/aromatic N) is 2. The van der Waals surface area contributed by atoms with Gasteiger partial charge in [0.25, 0.3) is 0 Å². The third kappa shape index (κ3) is 3.57. The molecule has 0 atom stereocenters. The van der Waals surface area contributed by atoms with Crippen molar-refractivity contribution < 1.29 is 9.18 Å². The Labute approximate surface area is 176 Å². The van der Waals surface area contributed by atoms with E-state index in [0.29, 0.717) is 23.7 Å². The SMILES string of the molecule is O=C(Nc1ccc2c(c1)N(c1cccc(F)n1)CCS2)Nc1c[nH]c2ccccc12. The van der Waals surface area contributed by atoms with E-state index < -0.39 is 5.95 Å². The molecule has 0 spiro atoms. The molecular weight excluding hydrogens is 401 g/mol. The summed E-state index contributed by atoms with van der Waals surface area (Å²) < 4.78 is 13.6. The van der Waals surface area contributed by atoms with E-state index >= 15 is 0 Å². The van der Waals surface area contributed by atoms with Gasteiger partial charge in [-0.25, -0.2) is 9.78 Å². The molecule has 0 aliphatic carbocycles. The number of rotatable bonds is 3. The van der Waals surface area contributed by atoms with Gasteiger partial charge in [0.1, 0.15) is 5.82 Å². The quantitative estimate of drug-likeness (QED) is 0.379. The summed E-state index contributed by atoms with van der Waals surface area (Å²) in [6, 6.07) is 17.9. The number of benzene rings is 2. The first-order chi connectivity index (χ1) is 14.7. The molecule has 30 heavy (non-hydrogen) atoms. The first kappa shape index (κ1) is 18.5. The van der Waals surface area contributed by atoms with E-state index in [1.807, 2.05) is 47.4 Å². The highest BCUT2D eigenvalue weighted by atomic mass is 32.2. The summed E-state index contributed by atoms with van der Waals surface area (Å²) in [5.74, 6) is 0.913. The van der Waals surface area contributed by atoms with Crippen molar-refractivity contribution in [1.82, 2.24) is 9.97 Å². The summed E-state index contributed by atoms with van der Waals surface area (Å²) in [6.45, 7) is 0.707. The number of urea groups is 1. The van der Waals surface area contributed by atoms with Gasteiger partial charge in [-0.15, -0.1) is 11.8 Å². The number of hydrogen-bond donors (Lipinski definition) is 3. The smallest absolute Gasteiger partial charge is 0.323 e. The number of thioether (sulfide) groups is 1. The van der Waals surface area contributed by atoms with E-state index in [1.165, 1.54) is 6.07 Å². The van der Waals surface area contributed by atoms with Crippen molar-refractivity contribution in [2.24, 2.45) is 0 Å². The van der Waals surface area contributed by atoms with Crippen LogP contribution in [0.1, 0.15) is 0 Å². The van der Waals surface area contributed by atoms with E-state index in [1.54, 1.807) is 30.1 Å². The average molecular weight is 419 g/mol. The predicted molar refractivity (Wildman–Crippen MR) is 119 cm³/mol. The van der Waals surface area contributed by atoms with Gasteiger partial charge < -0.3 is 20.5 Å². The molecule has 3 heterocycles. The minimum absolute atomic E-state index is 0.335. The number of aromatic amines is 1. The van der Waals surface area contributed by atoms with Crippen LogP contribution in [-0.2, 0) is 0 Å². The molecule has 0 bridgehead atoms. The van der Waals surface area contributed by atoms with Crippen LogP contribution in [0.2, 0.25) is 0 Å². The van der Waals surface area contributed by atoms with Gasteiger partial charge in [0.2, 0.25) is 5.95 Å². The van der Waals surface area contributed by atoms with Crippen LogP contribution in [0.5, 0.6) is 0 Å². The lowest BCUT2D eigenvalue weighted by atomic mass is 10.2. The fraction of sp³-hybridized carbons (Fsp3) is 0.0909. The number of carbonyl (C=O) groups is 1. The Bertz CT molecular complexity index is 1240. The van der Waals surface area contributed by atoms with Crippen LogP contribution in [0.25, 0.3) is 10.9 Å². The molecule has 0 fully saturated rings. The number of anilines is 4. The third-order valence-corrected chi connectivity index (χ3v) is 5.94. The molecule has 0 radical (unpaired) electrons. The minimum Gasteiger partial charge on any atom is -0.359 e. The van der Waals surface area contributed by atoms with Crippen molar-refractivity contribution in [2.45, 2.75) is 4.90 Å². The molecule has 0 saturated heterocycles. The number of halogens is 1. The number of aromatic nitrogens is 2. The van der Waals surface area contributed by atoms with Gasteiger partial charge in [0, 0.05) is 40.0 Å². The molecule has 2 aromatic heterocycles. The van der Waals surface area contributed by atoms with Crippen molar-refractivity contribution in [3.8, 4) is 0 Å². The van der Waals surface area contributed by atoms with Gasteiger partial charge in [-0.2, -0.15) is 4.39 Å². The van der Waals surface area contributed by atoms with Gasteiger partial charge in [-0.05, 0) is 36.4 Å². The van der Waals surface area contributed by atoms with Crippen molar-refractivity contribution >= 4 is 51.6 Å². The third-order valence-electron chi connectivity index (χ3n) is 4.89. The topological polar surface area (TPSA) is 73.1 Å². The maximum atomic E-state index is 13.6. The monoisotopic (exact) mass is 419 g/mol. The highest BCUT2D eigenvalue weighted by Gasteiger charge is 2.21. The Balaban J connectivity index is 1.38. The molecule has 3 N–H and O–H groups in total. The summed E-state index contributed by atoms with van der Waals surface area (Å²) in [5, 5.41) is 6.71. The van der Waals surface area contributed by atoms with Crippen LogP contribution >= 0.6 is 11.8 Å². The second kappa shape index (κ2) is 7.72. The number of fused-ring (bicyclic) bond motifs is 2. The zero-order chi connectivity index (χ0) is 20.5. The van der Waals surface area contributed by atoms with Gasteiger partial charge in [0.15, 0.2) is 0 Å². The summed E-state index contributed by atoms with van der Waals surface area (Å²) in [6.07, 6.45) is 1.77. The van der Waals surface area contributed by atoms with Gasteiger partial charge in [-0.1, -0.05) is 24.3 Å². The summed E-state index contributed by atoms with van der Waals surface area (Å²) in [4.78, 5) is 22.8. The van der Waals surface area contributed by atoms with E-state index in [2.05, 4.69) is 20.6 Å². The molecule has 5 rings (SSSR count). The van der Waals surface area contributed by atoms with Crippen molar-refractivity contribution in [3.05, 3.63) is 72.8 Å². The lowest BCUT2D eigenvalue weighted by Crippen LogP contribution is -2.25. The average Bonchev–Trinajstić information content (AvgIpc) is 3.16. The van der Waals surface area contributed by atoms with Gasteiger partial charge >= 0.3 is 6.03 Å². The van der Waals surface area contributed by atoms with E-state index in [0.717, 1.165) is 27.2 Å². The highest BCUT2D eigenvalue weighted by Crippen LogP contribution is 2.39. The fourth-order valence-electron chi connectivity index (χ4n) is 3.54. The standard InChI is InChI=1S/C22H18FN5OS/c23-20-6-3-7-21(27-20)28-10-11-30-19-9-8-14(12-18(19)28)25-22(29)26-17-13-24-16-5-2-1-4-15(16)17/h1-9,12-13,24H,10-11H2,(H2,25,26,29).